The third-order valence-corrected chi connectivity index (χ3v) is 6.41. The lowest BCUT2D eigenvalue weighted by Gasteiger charge is -2.07. The summed E-state index contributed by atoms with van der Waals surface area (Å²) in [6, 6.07) is 18.6. The largest absolute Gasteiger partial charge is 0.307 e. The fraction of sp³-hybridized carbons (Fsp3) is 0.185. The zero-order valence-corrected chi connectivity index (χ0v) is 21.4. The molecule has 0 atom stereocenters. The number of rotatable bonds is 6. The van der Waals surface area contributed by atoms with Gasteiger partial charge in [0.25, 0.3) is 0 Å². The van der Waals surface area contributed by atoms with E-state index in [1.807, 2.05) is 31.3 Å². The Hall–Kier alpha value is -3.78. The van der Waals surface area contributed by atoms with Crippen molar-refractivity contribution in [3.8, 4) is 11.1 Å². The number of halogens is 1. The van der Waals surface area contributed by atoms with Crippen LogP contribution in [0.2, 0.25) is 0 Å². The highest BCUT2D eigenvalue weighted by Crippen LogP contribution is 2.30. The number of aryl methyl sites for hydroxylation is 3. The Bertz CT molecular complexity index is 1550. The van der Waals surface area contributed by atoms with Gasteiger partial charge in [-0.2, -0.15) is 10.2 Å². The van der Waals surface area contributed by atoms with Crippen LogP contribution in [0.3, 0.4) is 0 Å². The molecule has 0 bridgehead atoms. The van der Waals surface area contributed by atoms with Crippen LogP contribution in [-0.2, 0) is 17.9 Å². The second-order valence-corrected chi connectivity index (χ2v) is 9.58. The molecule has 3 heterocycles. The van der Waals surface area contributed by atoms with Gasteiger partial charge < -0.3 is 5.32 Å². The molecule has 0 aliphatic heterocycles. The van der Waals surface area contributed by atoms with E-state index < -0.39 is 0 Å². The molecule has 0 aliphatic rings. The summed E-state index contributed by atoms with van der Waals surface area (Å²) >= 11 is 3.51. The summed E-state index contributed by atoms with van der Waals surface area (Å²) in [5, 5.41) is 13.0. The summed E-state index contributed by atoms with van der Waals surface area (Å²) in [5.74, 6) is 0.253. The average Bonchev–Trinajstić information content (AvgIpc) is 3.32. The maximum Gasteiger partial charge on any atom is 0.247 e. The lowest BCUT2D eigenvalue weighted by Crippen LogP contribution is -2.20. The van der Waals surface area contributed by atoms with Crippen LogP contribution >= 0.6 is 15.9 Å². The minimum Gasteiger partial charge on any atom is -0.307 e. The number of benzene rings is 2. The van der Waals surface area contributed by atoms with E-state index in [1.165, 1.54) is 11.1 Å². The van der Waals surface area contributed by atoms with Crippen LogP contribution in [-0.4, -0.2) is 30.5 Å². The van der Waals surface area contributed by atoms with Crippen LogP contribution in [0.4, 0.5) is 5.82 Å². The fourth-order valence-corrected chi connectivity index (χ4v) is 4.73. The number of hydrogen-bond acceptors (Lipinski definition) is 4. The Morgan fingerprint density at radius 1 is 1.00 bits per heavy atom. The molecule has 5 rings (SSSR count). The molecular weight excluding hydrogens is 504 g/mol. The molecular formula is C27H25BrN6O. The molecule has 8 heteroatoms. The number of pyridine rings is 1. The van der Waals surface area contributed by atoms with E-state index in [0.29, 0.717) is 18.0 Å². The SMILES string of the molecule is Cc1cccc(Cn2cc(Br)c(NC(=O)Cn3nc(C)c4c(-c5cccc(C)c5)ccnc43)n2)c1. The molecule has 0 unspecified atom stereocenters. The van der Waals surface area contributed by atoms with Gasteiger partial charge in [-0.05, 0) is 59.5 Å². The summed E-state index contributed by atoms with van der Waals surface area (Å²) in [7, 11) is 0. The predicted octanol–water partition coefficient (Wildman–Crippen LogP) is 5.67. The number of nitrogens with zero attached hydrogens (tertiary/aromatic N) is 5. The molecule has 3 aromatic heterocycles. The van der Waals surface area contributed by atoms with Crippen molar-refractivity contribution in [2.75, 3.05) is 5.32 Å². The number of aromatic nitrogens is 5. The van der Waals surface area contributed by atoms with Crippen molar-refractivity contribution in [1.29, 1.82) is 0 Å². The second-order valence-electron chi connectivity index (χ2n) is 8.73. The van der Waals surface area contributed by atoms with Crippen molar-refractivity contribution in [2.45, 2.75) is 33.9 Å². The summed E-state index contributed by atoms with van der Waals surface area (Å²) in [4.78, 5) is 17.5. The molecule has 0 saturated carbocycles. The van der Waals surface area contributed by atoms with Gasteiger partial charge >= 0.3 is 0 Å². The topological polar surface area (TPSA) is 77.6 Å². The molecule has 0 spiro atoms. The van der Waals surface area contributed by atoms with Crippen LogP contribution in [0.15, 0.2) is 71.5 Å². The van der Waals surface area contributed by atoms with Crippen LogP contribution in [0.1, 0.15) is 22.4 Å². The van der Waals surface area contributed by atoms with Gasteiger partial charge in [0, 0.05) is 17.8 Å². The molecule has 0 fully saturated rings. The number of fused-ring (bicyclic) bond motifs is 1. The minimum atomic E-state index is -0.223. The maximum atomic E-state index is 12.9. The predicted molar refractivity (Wildman–Crippen MR) is 141 cm³/mol. The molecule has 7 nitrogen and oxygen atoms in total. The zero-order chi connectivity index (χ0) is 24.5. The van der Waals surface area contributed by atoms with Crippen LogP contribution in [0.5, 0.6) is 0 Å². The number of carbonyl (C=O) groups is 1. The van der Waals surface area contributed by atoms with Crippen molar-refractivity contribution in [2.24, 2.45) is 0 Å². The molecule has 1 amide bonds. The van der Waals surface area contributed by atoms with E-state index in [9.17, 15) is 4.79 Å². The molecule has 5 aromatic rings. The summed E-state index contributed by atoms with van der Waals surface area (Å²) in [6.45, 7) is 6.73. The molecule has 1 N–H and O–H groups in total. The van der Waals surface area contributed by atoms with Crippen molar-refractivity contribution >= 4 is 38.7 Å². The number of carbonyl (C=O) groups excluding carboxylic acids is 1. The first-order chi connectivity index (χ1) is 16.9. The van der Waals surface area contributed by atoms with Crippen molar-refractivity contribution in [3.05, 3.63) is 93.8 Å². The molecule has 35 heavy (non-hydrogen) atoms. The summed E-state index contributed by atoms with van der Waals surface area (Å²) in [5.41, 5.74) is 7.20. The first-order valence-corrected chi connectivity index (χ1v) is 12.1. The molecule has 0 aliphatic carbocycles. The third kappa shape index (κ3) is 4.88. The molecule has 0 radical (unpaired) electrons. The number of amides is 1. The van der Waals surface area contributed by atoms with E-state index >= 15 is 0 Å². The van der Waals surface area contributed by atoms with E-state index in [-0.39, 0.29) is 12.5 Å². The van der Waals surface area contributed by atoms with Gasteiger partial charge in [-0.25, -0.2) is 9.67 Å². The standard InChI is InChI=1S/C27H25BrN6O/c1-17-6-4-8-20(12-17)14-33-15-23(28)26(32-33)30-24(35)16-34-27-25(19(3)31-34)22(10-11-29-27)21-9-5-7-18(2)13-21/h4-13,15H,14,16H2,1-3H3,(H,30,32,35). The first-order valence-electron chi connectivity index (χ1n) is 11.3. The number of anilines is 1. The molecule has 0 saturated heterocycles. The van der Waals surface area contributed by atoms with Crippen molar-refractivity contribution < 1.29 is 4.79 Å². The average molecular weight is 529 g/mol. The van der Waals surface area contributed by atoms with E-state index in [2.05, 4.69) is 86.7 Å². The maximum absolute atomic E-state index is 12.9. The summed E-state index contributed by atoms with van der Waals surface area (Å²) in [6.07, 6.45) is 3.63. The Balaban J connectivity index is 1.36. The lowest BCUT2D eigenvalue weighted by molar-refractivity contribution is -0.116. The van der Waals surface area contributed by atoms with Gasteiger partial charge in [0.2, 0.25) is 5.91 Å². The van der Waals surface area contributed by atoms with Gasteiger partial charge in [0.1, 0.15) is 6.54 Å². The monoisotopic (exact) mass is 528 g/mol. The molecule has 2 aromatic carbocycles. The zero-order valence-electron chi connectivity index (χ0n) is 19.8. The third-order valence-electron chi connectivity index (χ3n) is 5.83. The quantitative estimate of drug-likeness (QED) is 0.308. The van der Waals surface area contributed by atoms with E-state index in [0.717, 1.165) is 32.2 Å². The Kier molecular flexibility index (Phi) is 6.21. The van der Waals surface area contributed by atoms with Crippen molar-refractivity contribution in [1.82, 2.24) is 24.5 Å². The first kappa shape index (κ1) is 23.0. The highest BCUT2D eigenvalue weighted by atomic mass is 79.9. The smallest absolute Gasteiger partial charge is 0.247 e. The van der Waals surface area contributed by atoms with Crippen LogP contribution in [0, 0.1) is 20.8 Å². The Morgan fingerprint density at radius 2 is 1.77 bits per heavy atom. The normalized spacial score (nSPS) is 11.2. The fourth-order valence-electron chi connectivity index (χ4n) is 4.31. The van der Waals surface area contributed by atoms with Gasteiger partial charge in [-0.1, -0.05) is 59.7 Å². The molecule has 176 valence electrons. The van der Waals surface area contributed by atoms with E-state index in [4.69, 9.17) is 0 Å². The Morgan fingerprint density at radius 3 is 2.54 bits per heavy atom. The van der Waals surface area contributed by atoms with Gasteiger partial charge in [0.15, 0.2) is 11.5 Å². The number of nitrogens with one attached hydrogen (secondary N) is 1. The summed E-state index contributed by atoms with van der Waals surface area (Å²) < 4.78 is 4.18. The highest BCUT2D eigenvalue weighted by molar-refractivity contribution is 9.10. The van der Waals surface area contributed by atoms with Gasteiger partial charge in [-0.15, -0.1) is 0 Å². The van der Waals surface area contributed by atoms with Gasteiger partial charge in [-0.3, -0.25) is 9.48 Å². The second kappa shape index (κ2) is 9.46. The van der Waals surface area contributed by atoms with Crippen LogP contribution < -0.4 is 5.32 Å². The minimum absolute atomic E-state index is 0.0335. The van der Waals surface area contributed by atoms with Gasteiger partial charge in [0.05, 0.1) is 16.7 Å². The van der Waals surface area contributed by atoms with E-state index in [1.54, 1.807) is 15.6 Å². The number of hydrogen-bond donors (Lipinski definition) is 1. The highest BCUT2D eigenvalue weighted by Gasteiger charge is 2.17. The lowest BCUT2D eigenvalue weighted by atomic mass is 10.0. The van der Waals surface area contributed by atoms with Crippen molar-refractivity contribution in [3.63, 3.8) is 0 Å². The Labute approximate surface area is 211 Å². The van der Waals surface area contributed by atoms with Crippen LogP contribution in [0.25, 0.3) is 22.2 Å².